The predicted octanol–water partition coefficient (Wildman–Crippen LogP) is 4.64. The van der Waals surface area contributed by atoms with Gasteiger partial charge in [0.15, 0.2) is 0 Å². The third kappa shape index (κ3) is 6.01. The number of anilines is 2. The molecule has 0 bridgehead atoms. The molecule has 0 aliphatic carbocycles. The molecule has 5 rings (SSSR count). The van der Waals surface area contributed by atoms with Crippen LogP contribution in [-0.2, 0) is 16.1 Å². The van der Waals surface area contributed by atoms with Crippen LogP contribution in [0.1, 0.15) is 35.4 Å². The smallest absolute Gasteiger partial charge is 0.227 e. The van der Waals surface area contributed by atoms with Crippen molar-refractivity contribution in [2.45, 2.75) is 25.8 Å². The van der Waals surface area contributed by atoms with Gasteiger partial charge in [-0.1, -0.05) is 54.1 Å². The third-order valence-corrected chi connectivity index (χ3v) is 8.00. The Morgan fingerprint density at radius 1 is 1.11 bits per heavy atom. The molecule has 3 heterocycles. The lowest BCUT2D eigenvalue weighted by Crippen LogP contribution is -2.35. The highest BCUT2D eigenvalue weighted by Gasteiger charge is 2.30. The number of nitrogens with zero attached hydrogens (tertiary/aromatic N) is 4. The monoisotopic (exact) mass is 511 g/mol. The number of hydrogen-bond acceptors (Lipinski definition) is 7. The summed E-state index contributed by atoms with van der Waals surface area (Å²) in [4.78, 5) is 17.0. The molecule has 7 nitrogen and oxygen atoms in total. The van der Waals surface area contributed by atoms with E-state index in [1.165, 1.54) is 5.56 Å². The van der Waals surface area contributed by atoms with Crippen LogP contribution in [0.5, 0.6) is 0 Å². The van der Waals surface area contributed by atoms with Gasteiger partial charge in [-0.3, -0.25) is 9.69 Å². The molecule has 1 amide bonds. The Labute approximate surface area is 215 Å². The first-order valence-corrected chi connectivity index (χ1v) is 13.3. The van der Waals surface area contributed by atoms with Crippen molar-refractivity contribution < 1.29 is 9.53 Å². The maximum absolute atomic E-state index is 12.7. The van der Waals surface area contributed by atoms with E-state index < -0.39 is 0 Å². The predicted molar refractivity (Wildman–Crippen MR) is 140 cm³/mol. The summed E-state index contributed by atoms with van der Waals surface area (Å²) in [5, 5.41) is 14.6. The van der Waals surface area contributed by atoms with Crippen LogP contribution in [0.4, 0.5) is 10.8 Å². The van der Waals surface area contributed by atoms with Gasteiger partial charge >= 0.3 is 0 Å². The number of ether oxygens (including phenoxy) is 1. The average molecular weight is 512 g/mol. The summed E-state index contributed by atoms with van der Waals surface area (Å²) in [6.45, 7) is 7.99. The fourth-order valence-corrected chi connectivity index (χ4v) is 5.53. The minimum atomic E-state index is 0.148. The first kappa shape index (κ1) is 24.2. The summed E-state index contributed by atoms with van der Waals surface area (Å²) in [7, 11) is 0. The standard InChI is InChI=1S/C26H30ClN5O2S/c1-18(21-4-6-22(27)7-5-21)25-29-30-26(35-25)28-15-20-14-24(33)32(17-20)23-8-2-19(3-9-23)16-31-10-12-34-13-11-31/h2-9,18,20H,10-17H2,1H3,(H,28,30). The quantitative estimate of drug-likeness (QED) is 0.475. The summed E-state index contributed by atoms with van der Waals surface area (Å²) >= 11 is 7.56. The molecular formula is C26H30ClN5O2S. The van der Waals surface area contributed by atoms with E-state index in [-0.39, 0.29) is 17.7 Å². The lowest BCUT2D eigenvalue weighted by Gasteiger charge is -2.26. The minimum Gasteiger partial charge on any atom is -0.379 e. The van der Waals surface area contributed by atoms with Crippen LogP contribution < -0.4 is 10.2 Å². The Morgan fingerprint density at radius 2 is 1.86 bits per heavy atom. The molecule has 2 unspecified atom stereocenters. The molecule has 2 fully saturated rings. The van der Waals surface area contributed by atoms with E-state index in [0.717, 1.165) is 59.3 Å². The maximum Gasteiger partial charge on any atom is 0.227 e. The largest absolute Gasteiger partial charge is 0.379 e. The van der Waals surface area contributed by atoms with Crippen LogP contribution in [-0.4, -0.2) is 60.4 Å². The van der Waals surface area contributed by atoms with Crippen molar-refractivity contribution in [2.75, 3.05) is 49.6 Å². The second-order valence-electron chi connectivity index (χ2n) is 9.23. The molecule has 9 heteroatoms. The highest BCUT2D eigenvalue weighted by Crippen LogP contribution is 2.30. The first-order chi connectivity index (χ1) is 17.0. The van der Waals surface area contributed by atoms with Gasteiger partial charge in [-0.05, 0) is 35.4 Å². The topological polar surface area (TPSA) is 70.6 Å². The summed E-state index contributed by atoms with van der Waals surface area (Å²) in [6.07, 6.45) is 0.537. The van der Waals surface area contributed by atoms with E-state index in [1.54, 1.807) is 11.3 Å². The van der Waals surface area contributed by atoms with Gasteiger partial charge < -0.3 is 15.0 Å². The van der Waals surface area contributed by atoms with Gasteiger partial charge in [-0.25, -0.2) is 0 Å². The molecule has 0 spiro atoms. The van der Waals surface area contributed by atoms with Crippen molar-refractivity contribution in [3.8, 4) is 0 Å². The highest BCUT2D eigenvalue weighted by atomic mass is 35.5. The normalized spacial score (nSPS) is 19.8. The number of nitrogens with one attached hydrogen (secondary N) is 1. The van der Waals surface area contributed by atoms with E-state index in [2.05, 4.69) is 51.6 Å². The van der Waals surface area contributed by atoms with Crippen LogP contribution in [0.15, 0.2) is 48.5 Å². The van der Waals surface area contributed by atoms with E-state index >= 15 is 0 Å². The van der Waals surface area contributed by atoms with Gasteiger partial charge in [0.05, 0.1) is 13.2 Å². The number of benzene rings is 2. The number of rotatable bonds is 8. The first-order valence-electron chi connectivity index (χ1n) is 12.1. The molecule has 0 saturated carbocycles. The molecule has 184 valence electrons. The lowest BCUT2D eigenvalue weighted by atomic mass is 10.0. The van der Waals surface area contributed by atoms with Crippen molar-refractivity contribution in [3.63, 3.8) is 0 Å². The van der Waals surface area contributed by atoms with Crippen molar-refractivity contribution in [1.29, 1.82) is 0 Å². The van der Waals surface area contributed by atoms with Crippen molar-refractivity contribution in [2.24, 2.45) is 5.92 Å². The van der Waals surface area contributed by atoms with E-state index in [0.29, 0.717) is 19.5 Å². The second kappa shape index (κ2) is 11.0. The minimum absolute atomic E-state index is 0.148. The van der Waals surface area contributed by atoms with Crippen molar-refractivity contribution in [1.82, 2.24) is 15.1 Å². The molecule has 1 aromatic heterocycles. The molecule has 2 aromatic carbocycles. The number of carbonyl (C=O) groups excluding carboxylic acids is 1. The van der Waals surface area contributed by atoms with Crippen LogP contribution in [0, 0.1) is 5.92 Å². The fraction of sp³-hybridized carbons (Fsp3) is 0.423. The Hall–Kier alpha value is -2.52. The molecule has 0 radical (unpaired) electrons. The van der Waals surface area contributed by atoms with Crippen LogP contribution in [0.25, 0.3) is 0 Å². The zero-order valence-electron chi connectivity index (χ0n) is 19.8. The molecule has 35 heavy (non-hydrogen) atoms. The lowest BCUT2D eigenvalue weighted by molar-refractivity contribution is -0.117. The van der Waals surface area contributed by atoms with Gasteiger partial charge in [0.25, 0.3) is 0 Å². The van der Waals surface area contributed by atoms with Crippen LogP contribution >= 0.6 is 22.9 Å². The number of hydrogen-bond donors (Lipinski definition) is 1. The highest BCUT2D eigenvalue weighted by molar-refractivity contribution is 7.15. The number of carbonyl (C=O) groups is 1. The zero-order chi connectivity index (χ0) is 24.2. The van der Waals surface area contributed by atoms with Gasteiger partial charge in [-0.15, -0.1) is 10.2 Å². The number of amides is 1. The maximum atomic E-state index is 12.7. The van der Waals surface area contributed by atoms with Gasteiger partial charge in [0, 0.05) is 61.7 Å². The fourth-order valence-electron chi connectivity index (χ4n) is 4.57. The Kier molecular flexibility index (Phi) is 7.63. The molecule has 2 aliphatic heterocycles. The van der Waals surface area contributed by atoms with Gasteiger partial charge in [0.1, 0.15) is 5.01 Å². The van der Waals surface area contributed by atoms with Crippen LogP contribution in [0.3, 0.4) is 0 Å². The molecule has 3 aromatic rings. The summed E-state index contributed by atoms with van der Waals surface area (Å²) < 4.78 is 5.43. The number of aromatic nitrogens is 2. The summed E-state index contributed by atoms with van der Waals surface area (Å²) in [6, 6.07) is 16.2. The third-order valence-electron chi connectivity index (χ3n) is 6.69. The second-order valence-corrected chi connectivity index (χ2v) is 10.7. The molecular weight excluding hydrogens is 482 g/mol. The SMILES string of the molecule is CC(c1ccc(Cl)cc1)c1nnc(NCC2CC(=O)N(c3ccc(CN4CCOCC4)cc3)C2)s1. The van der Waals surface area contributed by atoms with Crippen LogP contribution in [0.2, 0.25) is 5.02 Å². The van der Waals surface area contributed by atoms with Gasteiger partial charge in [-0.2, -0.15) is 0 Å². The Morgan fingerprint density at radius 3 is 2.60 bits per heavy atom. The molecule has 2 atom stereocenters. The van der Waals surface area contributed by atoms with Gasteiger partial charge in [0.2, 0.25) is 11.0 Å². The summed E-state index contributed by atoms with van der Waals surface area (Å²) in [5.41, 5.74) is 3.39. The number of halogens is 1. The van der Waals surface area contributed by atoms with Crippen molar-refractivity contribution in [3.05, 3.63) is 69.7 Å². The summed E-state index contributed by atoms with van der Waals surface area (Å²) in [5.74, 6) is 0.554. The Bertz CT molecular complexity index is 1130. The molecule has 2 aliphatic rings. The van der Waals surface area contributed by atoms with Crippen molar-refractivity contribution >= 4 is 39.7 Å². The van der Waals surface area contributed by atoms with E-state index in [4.69, 9.17) is 16.3 Å². The average Bonchev–Trinajstić information content (AvgIpc) is 3.50. The molecule has 1 N–H and O–H groups in total. The number of morpholine rings is 1. The van der Waals surface area contributed by atoms with E-state index in [1.807, 2.05) is 29.2 Å². The Balaban J connectivity index is 1.13. The zero-order valence-corrected chi connectivity index (χ0v) is 21.4. The molecule has 2 saturated heterocycles. The van der Waals surface area contributed by atoms with E-state index in [9.17, 15) is 4.79 Å².